The van der Waals surface area contributed by atoms with Crippen LogP contribution in [0, 0.1) is 0 Å². The Kier molecular flexibility index (Phi) is 3.73. The summed E-state index contributed by atoms with van der Waals surface area (Å²) in [6.07, 6.45) is 7.10. The summed E-state index contributed by atoms with van der Waals surface area (Å²) in [5, 5.41) is 11.6. The van der Waals surface area contributed by atoms with Crippen LogP contribution in [0.2, 0.25) is 0 Å². The van der Waals surface area contributed by atoms with E-state index in [1.54, 1.807) is 0 Å². The van der Waals surface area contributed by atoms with Crippen molar-refractivity contribution >= 4 is 5.65 Å². The van der Waals surface area contributed by atoms with Crippen LogP contribution in [0.5, 0.6) is 0 Å². The number of hydrogen-bond acceptors (Lipinski definition) is 4. The van der Waals surface area contributed by atoms with Crippen molar-refractivity contribution in [1.82, 2.24) is 29.7 Å². The van der Waals surface area contributed by atoms with Crippen LogP contribution >= 0.6 is 0 Å². The molecule has 0 saturated heterocycles. The normalized spacial score (nSPS) is 11.2. The molecule has 0 bridgehead atoms. The Bertz CT molecular complexity index is 651. The lowest BCUT2D eigenvalue weighted by molar-refractivity contribution is 0.638. The predicted molar refractivity (Wildman–Crippen MR) is 76.3 cm³/mol. The van der Waals surface area contributed by atoms with Gasteiger partial charge in [0.05, 0.1) is 24.1 Å². The lowest BCUT2D eigenvalue weighted by Crippen LogP contribution is -2.13. The quantitative estimate of drug-likeness (QED) is 0.689. The molecule has 0 saturated carbocycles. The van der Waals surface area contributed by atoms with E-state index in [9.17, 15) is 0 Å². The molecule has 3 aromatic heterocycles. The van der Waals surface area contributed by atoms with Gasteiger partial charge in [0.25, 0.3) is 0 Å². The first kappa shape index (κ1) is 12.8. The summed E-state index contributed by atoms with van der Waals surface area (Å²) in [4.78, 5) is 4.55. The fraction of sp³-hybridized carbons (Fsp3) is 0.357. The molecule has 0 spiro atoms. The van der Waals surface area contributed by atoms with Gasteiger partial charge in [0, 0.05) is 18.9 Å². The molecular formula is C14H18N6. The molecule has 104 valence electrons. The van der Waals surface area contributed by atoms with Crippen molar-refractivity contribution in [3.05, 3.63) is 48.2 Å². The van der Waals surface area contributed by atoms with Crippen LogP contribution in [-0.2, 0) is 13.1 Å². The van der Waals surface area contributed by atoms with Crippen molar-refractivity contribution in [2.45, 2.75) is 26.4 Å². The first-order chi connectivity index (χ1) is 9.85. The second-order valence-electron chi connectivity index (χ2n) is 4.78. The minimum Gasteiger partial charge on any atom is -0.311 e. The van der Waals surface area contributed by atoms with E-state index in [1.165, 1.54) is 0 Å². The molecule has 0 aliphatic heterocycles. The van der Waals surface area contributed by atoms with Crippen LogP contribution in [0.1, 0.15) is 24.7 Å². The van der Waals surface area contributed by atoms with Gasteiger partial charge in [0.1, 0.15) is 5.65 Å². The number of imidazole rings is 1. The second kappa shape index (κ2) is 5.83. The van der Waals surface area contributed by atoms with Crippen molar-refractivity contribution in [2.24, 2.45) is 0 Å². The number of hydrogen-bond donors (Lipinski definition) is 1. The minimum absolute atomic E-state index is 0.641. The Labute approximate surface area is 117 Å². The van der Waals surface area contributed by atoms with E-state index in [0.29, 0.717) is 6.54 Å². The lowest BCUT2D eigenvalue weighted by Gasteiger charge is -1.97. The van der Waals surface area contributed by atoms with E-state index < -0.39 is 0 Å². The average molecular weight is 270 g/mol. The molecule has 0 atom stereocenters. The topological polar surface area (TPSA) is 60.0 Å². The van der Waals surface area contributed by atoms with Crippen molar-refractivity contribution in [3.8, 4) is 0 Å². The van der Waals surface area contributed by atoms with Gasteiger partial charge in [-0.25, -0.2) is 9.67 Å². The third-order valence-electron chi connectivity index (χ3n) is 3.06. The van der Waals surface area contributed by atoms with Gasteiger partial charge in [-0.15, -0.1) is 5.10 Å². The Morgan fingerprint density at radius 2 is 2.15 bits per heavy atom. The molecular weight excluding hydrogens is 252 g/mol. The Morgan fingerprint density at radius 1 is 1.20 bits per heavy atom. The number of nitrogens with one attached hydrogen (secondary N) is 1. The molecule has 1 N–H and O–H groups in total. The largest absolute Gasteiger partial charge is 0.311 e. The highest BCUT2D eigenvalue weighted by Gasteiger charge is 2.04. The zero-order chi connectivity index (χ0) is 13.8. The summed E-state index contributed by atoms with van der Waals surface area (Å²) in [6.45, 7) is 4.55. The molecule has 0 unspecified atom stereocenters. The zero-order valence-corrected chi connectivity index (χ0v) is 11.5. The van der Waals surface area contributed by atoms with Gasteiger partial charge in [-0.3, -0.25) is 0 Å². The zero-order valence-electron chi connectivity index (χ0n) is 11.5. The van der Waals surface area contributed by atoms with Crippen LogP contribution in [-0.4, -0.2) is 30.9 Å². The van der Waals surface area contributed by atoms with Crippen LogP contribution in [0.4, 0.5) is 0 Å². The second-order valence-corrected chi connectivity index (χ2v) is 4.78. The molecule has 0 fully saturated rings. The third-order valence-corrected chi connectivity index (χ3v) is 3.06. The summed E-state index contributed by atoms with van der Waals surface area (Å²) in [5.74, 6) is 0. The fourth-order valence-electron chi connectivity index (χ4n) is 2.12. The minimum atomic E-state index is 0.641. The van der Waals surface area contributed by atoms with Crippen molar-refractivity contribution in [3.63, 3.8) is 0 Å². The number of nitrogens with zero attached hydrogens (tertiary/aromatic N) is 5. The maximum Gasteiger partial charge on any atom is 0.137 e. The highest BCUT2D eigenvalue weighted by Crippen LogP contribution is 2.06. The van der Waals surface area contributed by atoms with Crippen LogP contribution in [0.15, 0.2) is 36.8 Å². The Balaban J connectivity index is 1.68. The maximum absolute atomic E-state index is 4.55. The maximum atomic E-state index is 4.55. The number of aromatic nitrogens is 5. The lowest BCUT2D eigenvalue weighted by atomic mass is 10.4. The molecule has 3 rings (SSSR count). The summed E-state index contributed by atoms with van der Waals surface area (Å²) in [5.41, 5.74) is 2.89. The van der Waals surface area contributed by atoms with Crippen LogP contribution < -0.4 is 5.32 Å². The van der Waals surface area contributed by atoms with E-state index in [-0.39, 0.29) is 0 Å². The van der Waals surface area contributed by atoms with Crippen molar-refractivity contribution < 1.29 is 0 Å². The number of pyridine rings is 1. The summed E-state index contributed by atoms with van der Waals surface area (Å²) in [6, 6.07) is 5.97. The standard InChI is InChI=1S/C14H18N6/c1-2-6-15-8-12-10-20(18-17-12)11-13-9-19-7-4-3-5-14(19)16-13/h3-5,7,9-10,15H,2,6,8,11H2,1H3. The molecule has 20 heavy (non-hydrogen) atoms. The van der Waals surface area contributed by atoms with E-state index >= 15 is 0 Å². The SMILES string of the molecule is CCCNCc1cn(Cc2cn3ccccc3n2)nn1. The monoisotopic (exact) mass is 270 g/mol. The van der Waals surface area contributed by atoms with Gasteiger partial charge < -0.3 is 9.72 Å². The predicted octanol–water partition coefficient (Wildman–Crippen LogP) is 1.47. The van der Waals surface area contributed by atoms with Crippen LogP contribution in [0.25, 0.3) is 5.65 Å². The van der Waals surface area contributed by atoms with E-state index in [0.717, 1.165) is 36.5 Å². The van der Waals surface area contributed by atoms with E-state index in [2.05, 4.69) is 27.5 Å². The van der Waals surface area contributed by atoms with Crippen molar-refractivity contribution in [2.75, 3.05) is 6.54 Å². The highest BCUT2D eigenvalue weighted by molar-refractivity contribution is 5.39. The molecule has 0 radical (unpaired) electrons. The Hall–Kier alpha value is -2.21. The smallest absolute Gasteiger partial charge is 0.137 e. The summed E-state index contributed by atoms with van der Waals surface area (Å²) >= 11 is 0. The van der Waals surface area contributed by atoms with Crippen LogP contribution in [0.3, 0.4) is 0 Å². The molecule has 0 aliphatic carbocycles. The average Bonchev–Trinajstić information content (AvgIpc) is 3.05. The van der Waals surface area contributed by atoms with Gasteiger partial charge in [-0.1, -0.05) is 18.2 Å². The fourth-order valence-corrected chi connectivity index (χ4v) is 2.12. The van der Waals surface area contributed by atoms with Crippen molar-refractivity contribution in [1.29, 1.82) is 0 Å². The summed E-state index contributed by atoms with van der Waals surface area (Å²) in [7, 11) is 0. The summed E-state index contributed by atoms with van der Waals surface area (Å²) < 4.78 is 3.83. The molecule has 6 heteroatoms. The van der Waals surface area contributed by atoms with Gasteiger partial charge in [-0.05, 0) is 25.1 Å². The molecule has 3 heterocycles. The van der Waals surface area contributed by atoms with Gasteiger partial charge in [0.15, 0.2) is 0 Å². The molecule has 0 aliphatic rings. The molecule has 0 aromatic carbocycles. The van der Waals surface area contributed by atoms with E-state index in [4.69, 9.17) is 0 Å². The van der Waals surface area contributed by atoms with Gasteiger partial charge >= 0.3 is 0 Å². The number of rotatable bonds is 6. The first-order valence-electron chi connectivity index (χ1n) is 6.87. The molecule has 6 nitrogen and oxygen atoms in total. The number of fused-ring (bicyclic) bond motifs is 1. The Morgan fingerprint density at radius 3 is 3.00 bits per heavy atom. The molecule has 0 amide bonds. The highest BCUT2D eigenvalue weighted by atomic mass is 15.4. The van der Waals surface area contributed by atoms with Gasteiger partial charge in [-0.2, -0.15) is 0 Å². The third kappa shape index (κ3) is 2.85. The van der Waals surface area contributed by atoms with Gasteiger partial charge in [0.2, 0.25) is 0 Å². The first-order valence-corrected chi connectivity index (χ1v) is 6.87. The van der Waals surface area contributed by atoms with E-state index in [1.807, 2.05) is 45.9 Å². The molecule has 3 aromatic rings.